The van der Waals surface area contributed by atoms with E-state index in [0.29, 0.717) is 25.5 Å². The van der Waals surface area contributed by atoms with Crippen LogP contribution in [0.4, 0.5) is 0 Å². The average molecular weight is 510 g/mol. The van der Waals surface area contributed by atoms with Gasteiger partial charge in [0.1, 0.15) is 12.4 Å². The third kappa shape index (κ3) is 6.46. The molecule has 0 saturated carbocycles. The number of amides is 1. The van der Waals surface area contributed by atoms with Gasteiger partial charge >= 0.3 is 0 Å². The number of fused-ring (bicyclic) bond motifs is 2. The zero-order valence-corrected chi connectivity index (χ0v) is 22.7. The predicted octanol–water partition coefficient (Wildman–Crippen LogP) is 6.33. The monoisotopic (exact) mass is 509 g/mol. The van der Waals surface area contributed by atoms with Crippen LogP contribution in [-0.4, -0.2) is 54.0 Å². The molecule has 0 saturated heterocycles. The highest BCUT2D eigenvalue weighted by atomic mass is 16.5. The molecular formula is C33H39N3O2. The lowest BCUT2D eigenvalue weighted by Gasteiger charge is -2.27. The summed E-state index contributed by atoms with van der Waals surface area (Å²) < 4.78 is 6.29. The van der Waals surface area contributed by atoms with E-state index >= 15 is 0 Å². The Hall–Kier alpha value is -3.57. The number of aromatic amines is 1. The molecule has 0 aliphatic carbocycles. The highest BCUT2D eigenvalue weighted by Gasteiger charge is 2.20. The second-order valence-corrected chi connectivity index (χ2v) is 10.7. The van der Waals surface area contributed by atoms with Crippen molar-refractivity contribution in [2.75, 3.05) is 33.3 Å². The molecule has 2 heterocycles. The van der Waals surface area contributed by atoms with Gasteiger partial charge in [0.2, 0.25) is 5.91 Å². The summed E-state index contributed by atoms with van der Waals surface area (Å²) in [6, 6.07) is 25.5. The first-order valence-corrected chi connectivity index (χ1v) is 13.9. The van der Waals surface area contributed by atoms with Crippen LogP contribution < -0.4 is 4.74 Å². The number of nitrogens with one attached hydrogen (secondary N) is 1. The van der Waals surface area contributed by atoms with E-state index in [2.05, 4.69) is 84.5 Å². The van der Waals surface area contributed by atoms with Gasteiger partial charge < -0.3 is 19.5 Å². The van der Waals surface area contributed by atoms with Crippen LogP contribution in [0.2, 0.25) is 0 Å². The van der Waals surface area contributed by atoms with Crippen molar-refractivity contribution < 1.29 is 9.53 Å². The van der Waals surface area contributed by atoms with Gasteiger partial charge in [-0.25, -0.2) is 0 Å². The summed E-state index contributed by atoms with van der Waals surface area (Å²) in [6.45, 7) is 5.80. The van der Waals surface area contributed by atoms with E-state index in [9.17, 15) is 4.79 Å². The number of H-pyrrole nitrogens is 1. The highest BCUT2D eigenvalue weighted by Crippen LogP contribution is 2.27. The van der Waals surface area contributed by atoms with Crippen molar-refractivity contribution in [1.29, 1.82) is 0 Å². The normalized spacial score (nSPS) is 17.9. The molecule has 38 heavy (non-hydrogen) atoms. The van der Waals surface area contributed by atoms with Crippen LogP contribution in [0, 0.1) is 6.92 Å². The number of ether oxygens (including phenoxy) is 1. The largest absolute Gasteiger partial charge is 0.491 e. The van der Waals surface area contributed by atoms with Gasteiger partial charge in [-0.15, -0.1) is 0 Å². The van der Waals surface area contributed by atoms with Crippen LogP contribution in [0.5, 0.6) is 5.75 Å². The molecule has 1 unspecified atom stereocenters. The number of carbonyl (C=O) groups excluding carboxylic acids is 1. The van der Waals surface area contributed by atoms with E-state index in [1.165, 1.54) is 16.7 Å². The third-order valence-corrected chi connectivity index (χ3v) is 7.76. The number of hydrogen-bond donors (Lipinski definition) is 1. The second-order valence-electron chi connectivity index (χ2n) is 10.7. The maximum atomic E-state index is 13.6. The topological polar surface area (TPSA) is 48.6 Å². The molecule has 4 aromatic rings. The molecule has 1 aliphatic heterocycles. The van der Waals surface area contributed by atoms with Crippen LogP contribution in [0.15, 0.2) is 79.0 Å². The maximum Gasteiger partial charge on any atom is 0.227 e. The number of benzene rings is 3. The molecule has 1 aromatic heterocycles. The molecule has 0 bridgehead atoms. The lowest BCUT2D eigenvalue weighted by molar-refractivity contribution is -0.131. The molecule has 0 fully saturated rings. The quantitative estimate of drug-likeness (QED) is 0.351. The summed E-state index contributed by atoms with van der Waals surface area (Å²) >= 11 is 0. The lowest BCUT2D eigenvalue weighted by atomic mass is 9.91. The summed E-state index contributed by atoms with van der Waals surface area (Å²) in [5.41, 5.74) is 5.96. The van der Waals surface area contributed by atoms with Crippen molar-refractivity contribution in [3.8, 4) is 5.75 Å². The Morgan fingerprint density at radius 2 is 1.79 bits per heavy atom. The molecule has 0 spiro atoms. The van der Waals surface area contributed by atoms with Crippen LogP contribution >= 0.6 is 0 Å². The van der Waals surface area contributed by atoms with Crippen molar-refractivity contribution in [2.24, 2.45) is 0 Å². The Labute approximate surface area is 226 Å². The minimum Gasteiger partial charge on any atom is -0.491 e. The molecule has 3 aromatic carbocycles. The van der Waals surface area contributed by atoms with Crippen LogP contribution in [-0.2, 0) is 17.8 Å². The Kier molecular flexibility index (Phi) is 8.44. The molecule has 5 nitrogen and oxygen atoms in total. The first-order chi connectivity index (χ1) is 18.6. The van der Waals surface area contributed by atoms with Gasteiger partial charge in [0.25, 0.3) is 0 Å². The Balaban J connectivity index is 1.36. The summed E-state index contributed by atoms with van der Waals surface area (Å²) in [4.78, 5) is 21.3. The molecule has 198 valence electrons. The number of nitrogens with zero attached hydrogens (tertiary/aromatic N) is 2. The fraction of sp³-hybridized carbons (Fsp3) is 0.364. The van der Waals surface area contributed by atoms with E-state index < -0.39 is 0 Å². The summed E-state index contributed by atoms with van der Waals surface area (Å²) in [6.07, 6.45) is 5.49. The number of rotatable bonds is 3. The van der Waals surface area contributed by atoms with E-state index in [1.807, 2.05) is 23.2 Å². The zero-order chi connectivity index (χ0) is 26.3. The maximum absolute atomic E-state index is 13.6. The highest BCUT2D eigenvalue weighted by molar-refractivity contribution is 5.88. The molecule has 5 rings (SSSR count). The average Bonchev–Trinajstić information content (AvgIpc) is 3.33. The fourth-order valence-corrected chi connectivity index (χ4v) is 5.63. The molecule has 1 N–H and O–H groups in total. The number of para-hydroxylation sites is 1. The standard InChI is InChI=1S/C33H39N3O2/c1-25-14-15-32-29(21-25)24-35(2)18-16-27(26-9-4-3-5-10-26)11-8-17-36(19-20-38-32)33(37)22-28-23-34-31-13-7-6-12-30(28)31/h3-7,9-10,12-15,21,23,27,34H,8,11,16-20,22,24H2,1-2H3. The number of aryl methyl sites for hydroxylation is 1. The van der Waals surface area contributed by atoms with E-state index in [4.69, 9.17) is 4.74 Å². The summed E-state index contributed by atoms with van der Waals surface area (Å²) in [5, 5.41) is 1.12. The fourth-order valence-electron chi connectivity index (χ4n) is 5.63. The summed E-state index contributed by atoms with van der Waals surface area (Å²) in [7, 11) is 2.20. The van der Waals surface area contributed by atoms with Crippen molar-refractivity contribution in [3.63, 3.8) is 0 Å². The van der Waals surface area contributed by atoms with E-state index in [1.54, 1.807) is 0 Å². The first-order valence-electron chi connectivity index (χ1n) is 13.9. The Morgan fingerprint density at radius 3 is 2.66 bits per heavy atom. The van der Waals surface area contributed by atoms with E-state index in [0.717, 1.165) is 61.1 Å². The van der Waals surface area contributed by atoms with Crippen LogP contribution in [0.3, 0.4) is 0 Å². The molecule has 1 aliphatic rings. The van der Waals surface area contributed by atoms with Gasteiger partial charge in [-0.3, -0.25) is 4.79 Å². The first kappa shape index (κ1) is 26.1. The molecule has 5 heteroatoms. The second kappa shape index (κ2) is 12.3. The minimum absolute atomic E-state index is 0.158. The van der Waals surface area contributed by atoms with Gasteiger partial charge in [0.05, 0.1) is 13.0 Å². The summed E-state index contributed by atoms with van der Waals surface area (Å²) in [5.74, 6) is 1.55. The van der Waals surface area contributed by atoms with Crippen LogP contribution in [0.25, 0.3) is 10.9 Å². The smallest absolute Gasteiger partial charge is 0.227 e. The van der Waals surface area contributed by atoms with Gasteiger partial charge in [-0.1, -0.05) is 66.2 Å². The number of aromatic nitrogens is 1. The number of hydrogen-bond acceptors (Lipinski definition) is 3. The van der Waals surface area contributed by atoms with Crippen molar-refractivity contribution in [2.45, 2.75) is 45.1 Å². The predicted molar refractivity (Wildman–Crippen MR) is 155 cm³/mol. The molecular weight excluding hydrogens is 470 g/mol. The zero-order valence-electron chi connectivity index (χ0n) is 22.7. The Morgan fingerprint density at radius 1 is 0.974 bits per heavy atom. The molecule has 0 radical (unpaired) electrons. The van der Waals surface area contributed by atoms with Crippen LogP contribution in [0.1, 0.15) is 47.4 Å². The molecule has 1 atom stereocenters. The SMILES string of the molecule is Cc1ccc2c(c1)CN(C)CCC(c1ccccc1)CCCN(C(=O)Cc1c[nH]c3ccccc13)CCO2. The minimum atomic E-state index is 0.158. The van der Waals surface area contributed by atoms with Crippen molar-refractivity contribution in [3.05, 3.63) is 101 Å². The van der Waals surface area contributed by atoms with E-state index in [-0.39, 0.29) is 5.91 Å². The van der Waals surface area contributed by atoms with Gasteiger partial charge in [-0.2, -0.15) is 0 Å². The van der Waals surface area contributed by atoms with Gasteiger partial charge in [-0.05, 0) is 69.0 Å². The lowest BCUT2D eigenvalue weighted by Crippen LogP contribution is -2.37. The Bertz CT molecular complexity index is 1350. The van der Waals surface area contributed by atoms with Crippen molar-refractivity contribution in [1.82, 2.24) is 14.8 Å². The van der Waals surface area contributed by atoms with Gasteiger partial charge in [0, 0.05) is 35.8 Å². The van der Waals surface area contributed by atoms with Crippen molar-refractivity contribution >= 4 is 16.8 Å². The third-order valence-electron chi connectivity index (χ3n) is 7.76. The van der Waals surface area contributed by atoms with Gasteiger partial charge in [0.15, 0.2) is 0 Å². The number of carbonyl (C=O) groups is 1. The molecule has 1 amide bonds.